The zero-order valence-corrected chi connectivity index (χ0v) is 19.0. The van der Waals surface area contributed by atoms with Crippen molar-refractivity contribution < 1.29 is 27.5 Å². The van der Waals surface area contributed by atoms with E-state index in [1.54, 1.807) is 0 Å². The molecule has 1 heterocycles. The fourth-order valence-electron chi connectivity index (χ4n) is 3.08. The summed E-state index contributed by atoms with van der Waals surface area (Å²) < 4.78 is 47.0. The van der Waals surface area contributed by atoms with Gasteiger partial charge in [-0.2, -0.15) is 0 Å². The first-order valence-electron chi connectivity index (χ1n) is 10.4. The molecule has 3 aromatic rings. The van der Waals surface area contributed by atoms with E-state index in [4.69, 9.17) is 16.3 Å². The minimum Gasteiger partial charge on any atom is -0.439 e. The van der Waals surface area contributed by atoms with Gasteiger partial charge in [0.15, 0.2) is 0 Å². The van der Waals surface area contributed by atoms with Gasteiger partial charge < -0.3 is 20.7 Å². The number of nitrogens with zero attached hydrogens (tertiary/aromatic N) is 2. The molecule has 0 unspecified atom stereocenters. The Morgan fingerprint density at radius 3 is 2.49 bits per heavy atom. The molecule has 182 valence electrons. The number of anilines is 3. The molecule has 4 rings (SSSR count). The summed E-state index contributed by atoms with van der Waals surface area (Å²) in [4.78, 5) is 32.1. The van der Waals surface area contributed by atoms with Gasteiger partial charge in [-0.25, -0.2) is 27.9 Å². The highest BCUT2D eigenvalue weighted by Crippen LogP contribution is 2.35. The van der Waals surface area contributed by atoms with Gasteiger partial charge in [-0.3, -0.25) is 4.79 Å². The van der Waals surface area contributed by atoms with E-state index in [2.05, 4.69) is 25.9 Å². The van der Waals surface area contributed by atoms with Crippen LogP contribution in [0.25, 0.3) is 0 Å². The van der Waals surface area contributed by atoms with Crippen molar-refractivity contribution in [2.24, 2.45) is 5.92 Å². The van der Waals surface area contributed by atoms with E-state index in [1.165, 1.54) is 30.6 Å². The van der Waals surface area contributed by atoms with Crippen molar-refractivity contribution in [3.63, 3.8) is 0 Å². The maximum atomic E-state index is 14.1. The summed E-state index contributed by atoms with van der Waals surface area (Å²) in [6, 6.07) is 7.67. The number of amides is 3. The van der Waals surface area contributed by atoms with Crippen LogP contribution >= 0.6 is 11.6 Å². The highest BCUT2D eigenvalue weighted by molar-refractivity contribution is 6.31. The van der Waals surface area contributed by atoms with Crippen LogP contribution in [0.15, 0.2) is 48.8 Å². The van der Waals surface area contributed by atoms with Gasteiger partial charge in [0, 0.05) is 53.0 Å². The minimum absolute atomic E-state index is 0.0119. The van der Waals surface area contributed by atoms with Crippen molar-refractivity contribution in [2.45, 2.75) is 25.7 Å². The smallest absolute Gasteiger partial charge is 0.323 e. The Hall–Kier alpha value is -3.86. The molecule has 1 aromatic heterocycles. The third kappa shape index (κ3) is 6.60. The summed E-state index contributed by atoms with van der Waals surface area (Å²) in [6.07, 6.45) is 2.85. The van der Waals surface area contributed by atoms with E-state index in [0.717, 1.165) is 31.0 Å². The lowest BCUT2D eigenvalue weighted by Crippen LogP contribution is -2.20. The van der Waals surface area contributed by atoms with E-state index in [1.807, 2.05) is 0 Å². The quantitative estimate of drug-likeness (QED) is 0.356. The monoisotopic (exact) mass is 505 g/mol. The molecule has 0 radical (unpaired) electrons. The lowest BCUT2D eigenvalue weighted by atomic mass is 10.1. The molecule has 3 amide bonds. The Kier molecular flexibility index (Phi) is 6.79. The molecule has 35 heavy (non-hydrogen) atoms. The molecule has 1 aliphatic rings. The number of urea groups is 1. The van der Waals surface area contributed by atoms with Crippen molar-refractivity contribution in [1.82, 2.24) is 9.97 Å². The number of rotatable bonds is 7. The Morgan fingerprint density at radius 1 is 1.03 bits per heavy atom. The molecular formula is C23H19ClF3N5O3. The average Bonchev–Trinajstić information content (AvgIpc) is 3.59. The van der Waals surface area contributed by atoms with Gasteiger partial charge in [-0.15, -0.1) is 0 Å². The molecule has 8 nitrogen and oxygen atoms in total. The number of carbonyl (C=O) groups is 2. The van der Waals surface area contributed by atoms with E-state index in [9.17, 15) is 22.8 Å². The summed E-state index contributed by atoms with van der Waals surface area (Å²) >= 11 is 5.81. The van der Waals surface area contributed by atoms with Gasteiger partial charge in [0.2, 0.25) is 11.8 Å². The number of hydrogen-bond donors (Lipinski definition) is 3. The van der Waals surface area contributed by atoms with E-state index >= 15 is 0 Å². The molecule has 2 aromatic carbocycles. The molecule has 0 aliphatic heterocycles. The predicted molar refractivity (Wildman–Crippen MR) is 124 cm³/mol. The Bertz CT molecular complexity index is 1280. The van der Waals surface area contributed by atoms with Gasteiger partial charge in [-0.05, 0) is 37.1 Å². The van der Waals surface area contributed by atoms with Gasteiger partial charge in [0.05, 0.1) is 0 Å². The highest BCUT2D eigenvalue weighted by Gasteiger charge is 2.30. The summed E-state index contributed by atoms with van der Waals surface area (Å²) in [5.41, 5.74) is -0.349. The first kappa shape index (κ1) is 24.3. The molecule has 0 saturated heterocycles. The lowest BCUT2D eigenvalue weighted by Gasteiger charge is -2.15. The maximum absolute atomic E-state index is 14.1. The molecule has 3 N–H and O–H groups in total. The predicted octanol–water partition coefficient (Wildman–Crippen LogP) is 6.17. The fourth-order valence-corrected chi connectivity index (χ4v) is 3.37. The molecule has 1 saturated carbocycles. The SMILES string of the molecule is CC(F)(F)c1cc(NC(=O)Nc2cc(F)cc(Oc3cc(NC(=O)C4CC4)ncn3)c2)ccc1Cl. The van der Waals surface area contributed by atoms with Crippen LogP contribution in [0.1, 0.15) is 25.3 Å². The van der Waals surface area contributed by atoms with E-state index < -0.39 is 23.3 Å². The Balaban J connectivity index is 1.43. The van der Waals surface area contributed by atoms with Gasteiger partial charge in [0.1, 0.15) is 23.7 Å². The first-order valence-corrected chi connectivity index (χ1v) is 10.8. The fraction of sp³-hybridized carbons (Fsp3) is 0.217. The summed E-state index contributed by atoms with van der Waals surface area (Å²) in [6.45, 7) is 0.688. The van der Waals surface area contributed by atoms with Gasteiger partial charge in [0.25, 0.3) is 5.92 Å². The second-order valence-corrected chi connectivity index (χ2v) is 8.35. The normalized spacial score (nSPS) is 13.2. The van der Waals surface area contributed by atoms with Crippen LogP contribution < -0.4 is 20.7 Å². The number of nitrogens with one attached hydrogen (secondary N) is 3. The van der Waals surface area contributed by atoms with Gasteiger partial charge in [-0.1, -0.05) is 11.6 Å². The zero-order valence-electron chi connectivity index (χ0n) is 18.2. The Morgan fingerprint density at radius 2 is 1.77 bits per heavy atom. The van der Waals surface area contributed by atoms with Crippen LogP contribution in [0.3, 0.4) is 0 Å². The maximum Gasteiger partial charge on any atom is 0.323 e. The topological polar surface area (TPSA) is 105 Å². The third-order valence-corrected chi connectivity index (χ3v) is 5.22. The van der Waals surface area contributed by atoms with Crippen LogP contribution in [-0.2, 0) is 10.7 Å². The highest BCUT2D eigenvalue weighted by atomic mass is 35.5. The summed E-state index contributed by atoms with van der Waals surface area (Å²) in [7, 11) is 0. The molecule has 1 aliphatic carbocycles. The Labute approximate surface area is 202 Å². The molecule has 0 bridgehead atoms. The van der Waals surface area contributed by atoms with Crippen LogP contribution in [0.4, 0.5) is 35.2 Å². The first-order chi connectivity index (χ1) is 16.6. The number of benzene rings is 2. The number of carbonyl (C=O) groups excluding carboxylic acids is 2. The standard InChI is InChI=1S/C23H19ClF3N5O3/c1-23(26,27)17-9-14(4-5-18(17)24)30-22(34)31-15-6-13(25)7-16(8-15)35-20-10-19(28-11-29-20)32-21(33)12-2-3-12/h4-12H,2-3H2,1H3,(H2,30,31,34)(H,28,29,32,33). The average molecular weight is 506 g/mol. The number of alkyl halides is 2. The number of halogens is 4. The van der Waals surface area contributed by atoms with Crippen LogP contribution in [0.2, 0.25) is 5.02 Å². The molecule has 0 spiro atoms. The van der Waals surface area contributed by atoms with E-state index in [-0.39, 0.29) is 45.7 Å². The second kappa shape index (κ2) is 9.79. The van der Waals surface area contributed by atoms with Crippen LogP contribution in [0.5, 0.6) is 11.6 Å². The number of hydrogen-bond acceptors (Lipinski definition) is 5. The van der Waals surface area contributed by atoms with Crippen LogP contribution in [-0.4, -0.2) is 21.9 Å². The van der Waals surface area contributed by atoms with Crippen LogP contribution in [0, 0.1) is 11.7 Å². The van der Waals surface area contributed by atoms with E-state index in [0.29, 0.717) is 6.92 Å². The lowest BCUT2D eigenvalue weighted by molar-refractivity contribution is -0.117. The molecule has 0 atom stereocenters. The minimum atomic E-state index is -3.21. The largest absolute Gasteiger partial charge is 0.439 e. The molecule has 12 heteroatoms. The summed E-state index contributed by atoms with van der Waals surface area (Å²) in [5, 5.41) is 7.31. The van der Waals surface area contributed by atoms with Crippen molar-refractivity contribution in [3.05, 3.63) is 65.2 Å². The van der Waals surface area contributed by atoms with Crippen molar-refractivity contribution in [2.75, 3.05) is 16.0 Å². The van der Waals surface area contributed by atoms with Crippen molar-refractivity contribution in [1.29, 1.82) is 0 Å². The number of ether oxygens (including phenoxy) is 1. The van der Waals surface area contributed by atoms with Crippen molar-refractivity contribution >= 4 is 40.7 Å². The summed E-state index contributed by atoms with van der Waals surface area (Å²) in [5.74, 6) is -3.79. The van der Waals surface area contributed by atoms with Gasteiger partial charge >= 0.3 is 6.03 Å². The second-order valence-electron chi connectivity index (χ2n) is 7.94. The number of aromatic nitrogens is 2. The zero-order chi connectivity index (χ0) is 25.2. The van der Waals surface area contributed by atoms with Crippen molar-refractivity contribution in [3.8, 4) is 11.6 Å². The third-order valence-electron chi connectivity index (χ3n) is 4.89. The molecular weight excluding hydrogens is 487 g/mol. The molecule has 1 fully saturated rings.